The van der Waals surface area contributed by atoms with E-state index < -0.39 is 0 Å². The zero-order chi connectivity index (χ0) is 20.6. The number of para-hydroxylation sites is 1. The van der Waals surface area contributed by atoms with Gasteiger partial charge in [0, 0.05) is 31.7 Å². The molecule has 3 aromatic rings. The number of benzene rings is 1. The molecule has 1 aromatic carbocycles. The molecule has 0 aliphatic rings. The van der Waals surface area contributed by atoms with Crippen LogP contribution in [0.15, 0.2) is 54.9 Å². The predicted octanol–water partition coefficient (Wildman–Crippen LogP) is 4.05. The fraction of sp³-hybridized carbons (Fsp3) is 0.304. The second-order valence-electron chi connectivity index (χ2n) is 6.92. The highest BCUT2D eigenvalue weighted by molar-refractivity contribution is 5.92. The van der Waals surface area contributed by atoms with E-state index in [9.17, 15) is 4.79 Å². The van der Waals surface area contributed by atoms with Gasteiger partial charge in [-0.1, -0.05) is 32.0 Å². The number of amides is 1. The van der Waals surface area contributed by atoms with Crippen LogP contribution in [-0.4, -0.2) is 39.6 Å². The summed E-state index contributed by atoms with van der Waals surface area (Å²) in [7, 11) is 1.78. The summed E-state index contributed by atoms with van der Waals surface area (Å²) in [4.78, 5) is 18.3. The van der Waals surface area contributed by atoms with Crippen molar-refractivity contribution in [1.29, 1.82) is 0 Å². The molecule has 0 aliphatic heterocycles. The lowest BCUT2D eigenvalue weighted by molar-refractivity contribution is 0.0789. The highest BCUT2D eigenvalue weighted by atomic mass is 16.2. The standard InChI is InChI=1S/C23H27N5O/c1-4-18-7-6-8-19(5-2)22(18)25-21-10-9-20(26-27-21)23(29)28(3)16-13-17-11-14-24-15-12-17/h6-12,14-15H,4-5,13,16H2,1-3H3,(H,25,27). The van der Waals surface area contributed by atoms with Crippen LogP contribution in [0, 0.1) is 0 Å². The van der Waals surface area contributed by atoms with Gasteiger partial charge in [-0.25, -0.2) is 0 Å². The molecule has 0 saturated heterocycles. The minimum absolute atomic E-state index is 0.138. The van der Waals surface area contributed by atoms with E-state index in [2.05, 4.69) is 52.5 Å². The molecule has 0 bridgehead atoms. The van der Waals surface area contributed by atoms with Gasteiger partial charge in [-0.05, 0) is 60.2 Å². The van der Waals surface area contributed by atoms with Crippen molar-refractivity contribution in [2.75, 3.05) is 18.9 Å². The van der Waals surface area contributed by atoms with Crippen LogP contribution in [-0.2, 0) is 19.3 Å². The summed E-state index contributed by atoms with van der Waals surface area (Å²) in [6, 6.07) is 13.8. The van der Waals surface area contributed by atoms with E-state index in [1.165, 1.54) is 11.1 Å². The molecule has 2 heterocycles. The first-order chi connectivity index (χ1) is 14.1. The van der Waals surface area contributed by atoms with Crippen LogP contribution >= 0.6 is 0 Å². The maximum absolute atomic E-state index is 12.6. The molecular weight excluding hydrogens is 362 g/mol. The largest absolute Gasteiger partial charge is 0.340 e. The normalized spacial score (nSPS) is 10.6. The first kappa shape index (κ1) is 20.5. The van der Waals surface area contributed by atoms with Gasteiger partial charge >= 0.3 is 0 Å². The Bertz CT molecular complexity index is 919. The summed E-state index contributed by atoms with van der Waals surface area (Å²) in [5, 5.41) is 11.8. The van der Waals surface area contributed by atoms with Gasteiger partial charge in [-0.2, -0.15) is 0 Å². The zero-order valence-electron chi connectivity index (χ0n) is 17.2. The number of aryl methyl sites for hydroxylation is 2. The maximum atomic E-state index is 12.6. The smallest absolute Gasteiger partial charge is 0.274 e. The Morgan fingerprint density at radius 3 is 2.24 bits per heavy atom. The summed E-state index contributed by atoms with van der Waals surface area (Å²) in [5.74, 6) is 0.498. The quantitative estimate of drug-likeness (QED) is 0.629. The van der Waals surface area contributed by atoms with Crippen LogP contribution in [0.5, 0.6) is 0 Å². The van der Waals surface area contributed by atoms with Gasteiger partial charge in [0.2, 0.25) is 0 Å². The van der Waals surface area contributed by atoms with Crippen molar-refractivity contribution in [2.45, 2.75) is 33.1 Å². The Kier molecular flexibility index (Phi) is 6.89. The average molecular weight is 390 g/mol. The Labute approximate surface area is 172 Å². The zero-order valence-corrected chi connectivity index (χ0v) is 17.2. The van der Waals surface area contributed by atoms with E-state index in [1.807, 2.05) is 18.2 Å². The number of nitrogens with one attached hydrogen (secondary N) is 1. The predicted molar refractivity (Wildman–Crippen MR) is 115 cm³/mol. The third-order valence-electron chi connectivity index (χ3n) is 4.97. The van der Waals surface area contributed by atoms with Crippen molar-refractivity contribution >= 4 is 17.4 Å². The summed E-state index contributed by atoms with van der Waals surface area (Å²) < 4.78 is 0. The van der Waals surface area contributed by atoms with Crippen LogP contribution in [0.1, 0.15) is 41.0 Å². The van der Waals surface area contributed by atoms with Crippen LogP contribution in [0.2, 0.25) is 0 Å². The number of rotatable bonds is 8. The molecule has 29 heavy (non-hydrogen) atoms. The minimum atomic E-state index is -0.138. The van der Waals surface area contributed by atoms with Gasteiger partial charge in [0.25, 0.3) is 5.91 Å². The van der Waals surface area contributed by atoms with Gasteiger partial charge in [-0.15, -0.1) is 10.2 Å². The van der Waals surface area contributed by atoms with E-state index in [0.29, 0.717) is 18.1 Å². The summed E-state index contributed by atoms with van der Waals surface area (Å²) in [5.41, 5.74) is 5.04. The van der Waals surface area contributed by atoms with Gasteiger partial charge in [0.05, 0.1) is 0 Å². The molecule has 0 spiro atoms. The second-order valence-corrected chi connectivity index (χ2v) is 6.92. The minimum Gasteiger partial charge on any atom is -0.340 e. The Morgan fingerprint density at radius 1 is 0.966 bits per heavy atom. The van der Waals surface area contributed by atoms with Crippen molar-refractivity contribution in [3.63, 3.8) is 0 Å². The number of carbonyl (C=O) groups is 1. The van der Waals surface area contributed by atoms with Crippen LogP contribution in [0.25, 0.3) is 0 Å². The molecule has 0 atom stereocenters. The van der Waals surface area contributed by atoms with Crippen LogP contribution < -0.4 is 5.32 Å². The number of hydrogen-bond donors (Lipinski definition) is 1. The molecule has 150 valence electrons. The number of nitrogens with zero attached hydrogens (tertiary/aromatic N) is 4. The SMILES string of the molecule is CCc1cccc(CC)c1Nc1ccc(C(=O)N(C)CCc2ccncc2)nn1. The molecule has 6 heteroatoms. The fourth-order valence-electron chi connectivity index (χ4n) is 3.19. The molecule has 1 N–H and O–H groups in total. The van der Waals surface area contributed by atoms with E-state index in [0.717, 1.165) is 30.5 Å². The first-order valence-electron chi connectivity index (χ1n) is 9.98. The molecule has 3 rings (SSSR count). The number of aromatic nitrogens is 3. The van der Waals surface area contributed by atoms with Gasteiger partial charge in [0.1, 0.15) is 0 Å². The number of anilines is 2. The molecule has 2 aromatic heterocycles. The highest BCUT2D eigenvalue weighted by Gasteiger charge is 2.14. The Balaban J connectivity index is 1.66. The number of hydrogen-bond acceptors (Lipinski definition) is 5. The molecular formula is C23H27N5O. The monoisotopic (exact) mass is 389 g/mol. The number of pyridine rings is 1. The lowest BCUT2D eigenvalue weighted by Gasteiger charge is -2.17. The van der Waals surface area contributed by atoms with E-state index in [1.54, 1.807) is 30.4 Å². The van der Waals surface area contributed by atoms with Crippen molar-refractivity contribution < 1.29 is 4.79 Å². The topological polar surface area (TPSA) is 71.0 Å². The van der Waals surface area contributed by atoms with Gasteiger partial charge in [0.15, 0.2) is 11.5 Å². The Morgan fingerprint density at radius 2 is 1.66 bits per heavy atom. The molecule has 0 aliphatic carbocycles. The Hall–Kier alpha value is -3.28. The second kappa shape index (κ2) is 9.78. The lowest BCUT2D eigenvalue weighted by Crippen LogP contribution is -2.29. The van der Waals surface area contributed by atoms with Crippen LogP contribution in [0.3, 0.4) is 0 Å². The summed E-state index contributed by atoms with van der Waals surface area (Å²) in [6.07, 6.45) is 6.15. The molecule has 0 saturated carbocycles. The summed E-state index contributed by atoms with van der Waals surface area (Å²) in [6.45, 7) is 4.87. The van der Waals surface area contributed by atoms with Crippen molar-refractivity contribution in [3.8, 4) is 0 Å². The van der Waals surface area contributed by atoms with E-state index in [-0.39, 0.29) is 5.91 Å². The van der Waals surface area contributed by atoms with Gasteiger partial charge < -0.3 is 10.2 Å². The first-order valence-corrected chi connectivity index (χ1v) is 9.98. The number of carbonyl (C=O) groups excluding carboxylic acids is 1. The third-order valence-corrected chi connectivity index (χ3v) is 4.97. The van der Waals surface area contributed by atoms with Gasteiger partial charge in [-0.3, -0.25) is 9.78 Å². The molecule has 0 unspecified atom stereocenters. The lowest BCUT2D eigenvalue weighted by atomic mass is 10.0. The highest BCUT2D eigenvalue weighted by Crippen LogP contribution is 2.25. The van der Waals surface area contributed by atoms with Crippen molar-refractivity contribution in [3.05, 3.63) is 77.2 Å². The molecule has 6 nitrogen and oxygen atoms in total. The summed E-state index contributed by atoms with van der Waals surface area (Å²) >= 11 is 0. The fourth-order valence-corrected chi connectivity index (χ4v) is 3.19. The molecule has 1 amide bonds. The van der Waals surface area contributed by atoms with Crippen molar-refractivity contribution in [2.24, 2.45) is 0 Å². The molecule has 0 radical (unpaired) electrons. The maximum Gasteiger partial charge on any atom is 0.274 e. The molecule has 0 fully saturated rings. The van der Waals surface area contributed by atoms with E-state index >= 15 is 0 Å². The van der Waals surface area contributed by atoms with Crippen molar-refractivity contribution in [1.82, 2.24) is 20.1 Å². The number of likely N-dealkylation sites (N-methyl/N-ethyl adjacent to an activating group) is 1. The average Bonchev–Trinajstić information content (AvgIpc) is 2.78. The van der Waals surface area contributed by atoms with Crippen LogP contribution in [0.4, 0.5) is 11.5 Å². The van der Waals surface area contributed by atoms with E-state index in [4.69, 9.17) is 0 Å². The third kappa shape index (κ3) is 5.16.